The van der Waals surface area contributed by atoms with Crippen LogP contribution < -0.4 is 10.5 Å². The summed E-state index contributed by atoms with van der Waals surface area (Å²) >= 11 is 0. The van der Waals surface area contributed by atoms with Crippen molar-refractivity contribution < 1.29 is 10.5 Å². The Labute approximate surface area is 134 Å². The van der Waals surface area contributed by atoms with Crippen LogP contribution in [0.2, 0.25) is 0 Å². The molecule has 0 aliphatic carbocycles. The third-order valence-electron chi connectivity index (χ3n) is 4.20. The van der Waals surface area contributed by atoms with E-state index in [4.69, 9.17) is 4.74 Å². The van der Waals surface area contributed by atoms with Crippen molar-refractivity contribution in [2.75, 3.05) is 13.2 Å². The number of unbranched alkanes of at least 4 members (excludes halogenated alkanes) is 6. The second kappa shape index (κ2) is 9.52. The van der Waals surface area contributed by atoms with Crippen LogP contribution in [0, 0.1) is 0 Å². The fraction of sp³-hybridized carbons (Fsp3) is 0.579. The van der Waals surface area contributed by atoms with Crippen molar-refractivity contribution in [3.63, 3.8) is 0 Å². The summed E-state index contributed by atoms with van der Waals surface area (Å²) in [7, 11) is 0. The predicted octanol–water partition coefficient (Wildman–Crippen LogP) is 4.08. The molecule has 1 heterocycles. The molecule has 2 aromatic rings. The molecule has 0 saturated heterocycles. The first-order valence-corrected chi connectivity index (χ1v) is 8.87. The van der Waals surface area contributed by atoms with Crippen molar-refractivity contribution in [1.82, 2.24) is 4.98 Å². The van der Waals surface area contributed by atoms with Gasteiger partial charge in [0.25, 0.3) is 0 Å². The van der Waals surface area contributed by atoms with Crippen LogP contribution in [0.1, 0.15) is 57.4 Å². The summed E-state index contributed by atoms with van der Waals surface area (Å²) in [5, 5.41) is 1.28. The molecule has 0 aliphatic heterocycles. The Morgan fingerprint density at radius 1 is 1.05 bits per heavy atom. The second-order valence-electron chi connectivity index (χ2n) is 6.09. The van der Waals surface area contributed by atoms with Crippen LogP contribution in [-0.4, -0.2) is 18.1 Å². The molecule has 22 heavy (non-hydrogen) atoms. The van der Waals surface area contributed by atoms with Gasteiger partial charge < -0.3 is 15.5 Å². The van der Waals surface area contributed by atoms with E-state index in [0.717, 1.165) is 31.7 Å². The number of H-pyrrole nitrogens is 1. The highest BCUT2D eigenvalue weighted by Crippen LogP contribution is 2.24. The van der Waals surface area contributed by atoms with E-state index >= 15 is 0 Å². The number of aromatic amines is 1. The van der Waals surface area contributed by atoms with Gasteiger partial charge in [-0.2, -0.15) is 0 Å². The van der Waals surface area contributed by atoms with Crippen LogP contribution in [0.15, 0.2) is 24.4 Å². The van der Waals surface area contributed by atoms with E-state index < -0.39 is 0 Å². The van der Waals surface area contributed by atoms with Gasteiger partial charge in [-0.1, -0.05) is 45.4 Å². The average molecular weight is 303 g/mol. The lowest BCUT2D eigenvalue weighted by molar-refractivity contribution is -0.366. The zero-order valence-electron chi connectivity index (χ0n) is 14.0. The number of quaternary nitrogens is 1. The van der Waals surface area contributed by atoms with Gasteiger partial charge in [0, 0.05) is 23.5 Å². The minimum Gasteiger partial charge on any atom is -0.494 e. The molecule has 4 N–H and O–H groups in total. The smallest absolute Gasteiger partial charge is 0.120 e. The van der Waals surface area contributed by atoms with Crippen LogP contribution in [0.5, 0.6) is 5.75 Å². The van der Waals surface area contributed by atoms with Gasteiger partial charge in [0.2, 0.25) is 0 Å². The number of hydrogen-bond acceptors (Lipinski definition) is 1. The maximum Gasteiger partial charge on any atom is 0.120 e. The lowest BCUT2D eigenvalue weighted by Gasteiger charge is -2.07. The molecule has 3 heteroatoms. The highest BCUT2D eigenvalue weighted by atomic mass is 16.5. The van der Waals surface area contributed by atoms with Gasteiger partial charge in [-0.15, -0.1) is 0 Å². The van der Waals surface area contributed by atoms with Gasteiger partial charge in [0.1, 0.15) is 5.75 Å². The molecule has 1 aromatic heterocycles. The van der Waals surface area contributed by atoms with Crippen LogP contribution in [-0.2, 0) is 6.42 Å². The number of ether oxygens (including phenoxy) is 1. The molecule has 0 unspecified atom stereocenters. The number of benzene rings is 1. The van der Waals surface area contributed by atoms with E-state index in [1.807, 2.05) is 0 Å². The van der Waals surface area contributed by atoms with Gasteiger partial charge in [-0.3, -0.25) is 0 Å². The van der Waals surface area contributed by atoms with E-state index in [2.05, 4.69) is 42.0 Å². The average Bonchev–Trinajstić information content (AvgIpc) is 2.93. The third kappa shape index (κ3) is 5.06. The molecule has 0 bridgehead atoms. The van der Waals surface area contributed by atoms with Crippen molar-refractivity contribution in [2.24, 2.45) is 0 Å². The van der Waals surface area contributed by atoms with Gasteiger partial charge in [0.05, 0.1) is 13.2 Å². The van der Waals surface area contributed by atoms with E-state index in [1.54, 1.807) is 0 Å². The number of fused-ring (bicyclic) bond motifs is 1. The Balaban J connectivity index is 1.73. The van der Waals surface area contributed by atoms with Crippen LogP contribution in [0.25, 0.3) is 10.9 Å². The van der Waals surface area contributed by atoms with Gasteiger partial charge in [0.15, 0.2) is 0 Å². The zero-order chi connectivity index (χ0) is 15.6. The first-order chi connectivity index (χ1) is 10.8. The Kier molecular flexibility index (Phi) is 7.31. The Hall–Kier alpha value is -1.48. The predicted molar refractivity (Wildman–Crippen MR) is 93.2 cm³/mol. The monoisotopic (exact) mass is 303 g/mol. The molecule has 1 aromatic carbocycles. The summed E-state index contributed by atoms with van der Waals surface area (Å²) < 4.78 is 5.91. The van der Waals surface area contributed by atoms with Gasteiger partial charge in [-0.25, -0.2) is 0 Å². The molecule has 0 spiro atoms. The molecule has 122 valence electrons. The van der Waals surface area contributed by atoms with Crippen molar-refractivity contribution in [3.05, 3.63) is 30.0 Å². The number of hydrogen-bond donors (Lipinski definition) is 2. The normalized spacial score (nSPS) is 11.2. The Bertz CT molecular complexity index is 547. The van der Waals surface area contributed by atoms with Crippen LogP contribution in [0.4, 0.5) is 0 Å². The molecule has 0 fully saturated rings. The highest BCUT2D eigenvalue weighted by molar-refractivity contribution is 5.84. The molecule has 0 radical (unpaired) electrons. The fourth-order valence-electron chi connectivity index (χ4n) is 2.89. The quantitative estimate of drug-likeness (QED) is 0.604. The van der Waals surface area contributed by atoms with E-state index in [1.165, 1.54) is 55.0 Å². The van der Waals surface area contributed by atoms with Gasteiger partial charge in [-0.05, 0) is 30.2 Å². The van der Waals surface area contributed by atoms with Crippen molar-refractivity contribution in [1.29, 1.82) is 0 Å². The second-order valence-corrected chi connectivity index (χ2v) is 6.09. The summed E-state index contributed by atoms with van der Waals surface area (Å²) in [4.78, 5) is 3.32. The minimum atomic E-state index is 0.828. The molecule has 0 saturated carbocycles. The van der Waals surface area contributed by atoms with E-state index in [0.29, 0.717) is 0 Å². The largest absolute Gasteiger partial charge is 0.494 e. The molecule has 0 aliphatic rings. The minimum absolute atomic E-state index is 0.828. The van der Waals surface area contributed by atoms with Crippen molar-refractivity contribution >= 4 is 10.9 Å². The molecule has 3 nitrogen and oxygen atoms in total. The first-order valence-electron chi connectivity index (χ1n) is 8.87. The summed E-state index contributed by atoms with van der Waals surface area (Å²) in [6.07, 6.45) is 12.3. The summed E-state index contributed by atoms with van der Waals surface area (Å²) in [6, 6.07) is 6.34. The van der Waals surface area contributed by atoms with E-state index in [-0.39, 0.29) is 0 Å². The van der Waals surface area contributed by atoms with Crippen LogP contribution in [0.3, 0.4) is 0 Å². The zero-order valence-corrected chi connectivity index (χ0v) is 14.0. The summed E-state index contributed by atoms with van der Waals surface area (Å²) in [5.41, 5.74) is 6.47. The molecule has 0 atom stereocenters. The van der Waals surface area contributed by atoms with Gasteiger partial charge >= 0.3 is 0 Å². The third-order valence-corrected chi connectivity index (χ3v) is 4.20. The maximum atomic E-state index is 5.91. The maximum absolute atomic E-state index is 5.91. The molecule has 2 rings (SSSR count). The Morgan fingerprint density at radius 2 is 1.82 bits per heavy atom. The number of aromatic nitrogens is 1. The topological polar surface area (TPSA) is 52.7 Å². The number of rotatable bonds is 11. The van der Waals surface area contributed by atoms with Crippen molar-refractivity contribution in [3.8, 4) is 5.75 Å². The lowest BCUT2D eigenvalue weighted by Crippen LogP contribution is -2.51. The number of nitrogens with one attached hydrogen (secondary N) is 1. The SMILES string of the molecule is CCCCCCCCCOc1ccc2[nH]cc(CC[NH3+])c2c1. The molecular formula is C19H31N2O+. The first kappa shape index (κ1) is 16.9. The summed E-state index contributed by atoms with van der Waals surface area (Å²) in [5.74, 6) is 0.989. The van der Waals surface area contributed by atoms with Crippen molar-refractivity contribution in [2.45, 2.75) is 58.3 Å². The Morgan fingerprint density at radius 3 is 2.59 bits per heavy atom. The van der Waals surface area contributed by atoms with Crippen LogP contribution >= 0.6 is 0 Å². The highest BCUT2D eigenvalue weighted by Gasteiger charge is 2.05. The fourth-order valence-corrected chi connectivity index (χ4v) is 2.89. The molecule has 0 amide bonds. The summed E-state index contributed by atoms with van der Waals surface area (Å²) in [6.45, 7) is 4.02. The lowest BCUT2D eigenvalue weighted by atomic mass is 10.1. The standard InChI is InChI=1S/C19H30N2O/c1-2-3-4-5-6-7-8-13-22-17-9-10-19-18(14-17)16(11-12-20)15-21-19/h9-10,14-15,21H,2-8,11-13,20H2,1H3/p+1. The van der Waals surface area contributed by atoms with E-state index in [9.17, 15) is 0 Å². The molecular weight excluding hydrogens is 272 g/mol.